The molecular weight excluding hydrogens is 375 g/mol. The molecule has 0 radical (unpaired) electrons. The molecule has 0 aliphatic rings. The van der Waals surface area contributed by atoms with Crippen molar-refractivity contribution in [3.05, 3.63) is 52.3 Å². The van der Waals surface area contributed by atoms with E-state index in [9.17, 15) is 4.79 Å². The van der Waals surface area contributed by atoms with Crippen LogP contribution in [0.15, 0.2) is 41.8 Å². The monoisotopic (exact) mass is 394 g/mol. The number of amides is 1. The summed E-state index contributed by atoms with van der Waals surface area (Å²) in [4.78, 5) is 15.7. The van der Waals surface area contributed by atoms with Crippen LogP contribution in [0.4, 0.5) is 5.69 Å². The summed E-state index contributed by atoms with van der Waals surface area (Å²) in [5.41, 5.74) is 3.70. The molecule has 1 amide bonds. The number of hydrogen-bond donors (Lipinski definition) is 2. The zero-order chi connectivity index (χ0) is 18.8. The van der Waals surface area contributed by atoms with Gasteiger partial charge in [-0.05, 0) is 18.6 Å². The van der Waals surface area contributed by atoms with Crippen LogP contribution < -0.4 is 15.5 Å². The maximum absolute atomic E-state index is 11.9. The first kappa shape index (κ1) is 20.0. The number of hydrazone groups is 1. The highest BCUT2D eigenvalue weighted by atomic mass is 35.5. The van der Waals surface area contributed by atoms with Crippen LogP contribution in [0.25, 0.3) is 0 Å². The third-order valence-electron chi connectivity index (χ3n) is 3.33. The Kier molecular flexibility index (Phi) is 8.18. The minimum atomic E-state index is -0.306. The molecule has 26 heavy (non-hydrogen) atoms. The van der Waals surface area contributed by atoms with E-state index in [4.69, 9.17) is 27.9 Å². The van der Waals surface area contributed by atoms with E-state index >= 15 is 0 Å². The molecule has 1 aromatic carbocycles. The molecule has 0 saturated carbocycles. The van der Waals surface area contributed by atoms with E-state index in [1.807, 2.05) is 24.3 Å². The van der Waals surface area contributed by atoms with Crippen LogP contribution in [-0.4, -0.2) is 30.3 Å². The number of carbonyl (C=O) groups excluding carboxylic acids is 1. The molecule has 0 aliphatic heterocycles. The Bertz CT molecular complexity index is 748. The van der Waals surface area contributed by atoms with Crippen LogP contribution in [-0.2, 0) is 4.79 Å². The Morgan fingerprint density at radius 2 is 2.08 bits per heavy atom. The molecule has 2 rings (SSSR count). The number of carbonyl (C=O) groups is 1. The van der Waals surface area contributed by atoms with E-state index in [0.29, 0.717) is 22.2 Å². The molecule has 0 saturated heterocycles. The number of ether oxygens (including phenoxy) is 1. The van der Waals surface area contributed by atoms with Gasteiger partial charge in [-0.3, -0.25) is 9.78 Å². The second-order valence-electron chi connectivity index (χ2n) is 5.39. The van der Waals surface area contributed by atoms with E-state index in [1.165, 1.54) is 18.6 Å². The van der Waals surface area contributed by atoms with Crippen LogP contribution in [0.2, 0.25) is 10.0 Å². The molecule has 0 fully saturated rings. The fourth-order valence-electron chi connectivity index (χ4n) is 1.97. The number of nitrogens with zero attached hydrogens (tertiary/aromatic N) is 2. The van der Waals surface area contributed by atoms with Crippen LogP contribution in [0.5, 0.6) is 5.75 Å². The van der Waals surface area contributed by atoms with Crippen LogP contribution in [0.3, 0.4) is 0 Å². The number of rotatable bonds is 9. The summed E-state index contributed by atoms with van der Waals surface area (Å²) in [7, 11) is 0. The number of unbranched alkanes of at least 4 members (excludes halogenated alkanes) is 1. The Hall–Kier alpha value is -2.31. The lowest BCUT2D eigenvalue weighted by Gasteiger charge is -2.09. The topological polar surface area (TPSA) is 75.6 Å². The molecule has 8 heteroatoms. The highest BCUT2D eigenvalue weighted by Crippen LogP contribution is 2.20. The van der Waals surface area contributed by atoms with Crippen molar-refractivity contribution in [3.63, 3.8) is 0 Å². The van der Waals surface area contributed by atoms with Gasteiger partial charge in [-0.2, -0.15) is 5.10 Å². The van der Waals surface area contributed by atoms with E-state index in [0.717, 1.165) is 24.3 Å². The first-order chi connectivity index (χ1) is 12.6. The third-order valence-corrected chi connectivity index (χ3v) is 3.93. The summed E-state index contributed by atoms with van der Waals surface area (Å²) in [5.74, 6) is 0.462. The highest BCUT2D eigenvalue weighted by molar-refractivity contribution is 6.38. The minimum Gasteiger partial charge on any atom is -0.494 e. The molecule has 2 aromatic rings. The number of hydrogen-bond acceptors (Lipinski definition) is 5. The zero-order valence-corrected chi connectivity index (χ0v) is 15.8. The summed E-state index contributed by atoms with van der Waals surface area (Å²) in [5, 5.41) is 7.59. The Balaban J connectivity index is 1.81. The van der Waals surface area contributed by atoms with Crippen molar-refractivity contribution < 1.29 is 9.53 Å². The first-order valence-corrected chi connectivity index (χ1v) is 8.93. The number of aromatic nitrogens is 1. The Morgan fingerprint density at radius 3 is 2.81 bits per heavy atom. The number of pyridine rings is 1. The van der Waals surface area contributed by atoms with E-state index in [-0.39, 0.29) is 12.5 Å². The van der Waals surface area contributed by atoms with Crippen molar-refractivity contribution in [1.82, 2.24) is 10.4 Å². The van der Waals surface area contributed by atoms with Crippen molar-refractivity contribution in [2.45, 2.75) is 19.8 Å². The summed E-state index contributed by atoms with van der Waals surface area (Å²) in [6.07, 6.45) is 6.37. The predicted molar refractivity (Wildman–Crippen MR) is 105 cm³/mol. The maximum atomic E-state index is 11.9. The standard InChI is InChI=1S/C18H20Cl2N4O2/c1-2-3-7-26-14-6-4-5-13(8-14)22-12-18(25)24-23-9-15-16(19)10-21-11-17(15)20/h4-6,8-11,22H,2-3,7,12H2,1H3,(H,24,25)/b23-9+. The predicted octanol–water partition coefficient (Wildman–Crippen LogP) is 4.13. The number of benzene rings is 1. The van der Waals surface area contributed by atoms with Crippen LogP contribution in [0, 0.1) is 0 Å². The van der Waals surface area contributed by atoms with Gasteiger partial charge in [0, 0.05) is 29.7 Å². The fourth-order valence-corrected chi connectivity index (χ4v) is 2.43. The lowest BCUT2D eigenvalue weighted by atomic mass is 10.3. The highest BCUT2D eigenvalue weighted by Gasteiger charge is 2.04. The van der Waals surface area contributed by atoms with E-state index in [2.05, 4.69) is 27.8 Å². The molecule has 0 bridgehead atoms. The van der Waals surface area contributed by atoms with Crippen molar-refractivity contribution >= 4 is 41.0 Å². The third kappa shape index (κ3) is 6.54. The second-order valence-corrected chi connectivity index (χ2v) is 6.21. The van der Waals surface area contributed by atoms with Crippen LogP contribution in [0.1, 0.15) is 25.3 Å². The summed E-state index contributed by atoms with van der Waals surface area (Å²) in [6.45, 7) is 2.85. The van der Waals surface area contributed by atoms with Gasteiger partial charge in [-0.15, -0.1) is 0 Å². The van der Waals surface area contributed by atoms with Crippen molar-refractivity contribution in [1.29, 1.82) is 0 Å². The van der Waals surface area contributed by atoms with Crippen molar-refractivity contribution in [2.24, 2.45) is 5.10 Å². The molecule has 0 spiro atoms. The molecule has 2 N–H and O–H groups in total. The normalized spacial score (nSPS) is 10.7. The molecule has 0 atom stereocenters. The molecular formula is C18H20Cl2N4O2. The molecule has 0 aliphatic carbocycles. The average molecular weight is 395 g/mol. The van der Waals surface area contributed by atoms with Gasteiger partial charge < -0.3 is 10.1 Å². The lowest BCUT2D eigenvalue weighted by Crippen LogP contribution is -2.25. The van der Waals surface area contributed by atoms with Crippen LogP contribution >= 0.6 is 23.2 Å². The smallest absolute Gasteiger partial charge is 0.259 e. The van der Waals surface area contributed by atoms with E-state index < -0.39 is 0 Å². The van der Waals surface area contributed by atoms with Crippen molar-refractivity contribution in [2.75, 3.05) is 18.5 Å². The molecule has 1 heterocycles. The zero-order valence-electron chi connectivity index (χ0n) is 14.3. The maximum Gasteiger partial charge on any atom is 0.259 e. The van der Waals surface area contributed by atoms with Gasteiger partial charge in [0.1, 0.15) is 5.75 Å². The number of nitrogens with one attached hydrogen (secondary N) is 2. The summed E-state index contributed by atoms with van der Waals surface area (Å²) in [6, 6.07) is 7.46. The summed E-state index contributed by atoms with van der Waals surface area (Å²) >= 11 is 11.9. The van der Waals surface area contributed by atoms with Gasteiger partial charge in [0.2, 0.25) is 0 Å². The Morgan fingerprint density at radius 1 is 1.31 bits per heavy atom. The van der Waals surface area contributed by atoms with Gasteiger partial charge in [0.05, 0.1) is 29.4 Å². The van der Waals surface area contributed by atoms with Gasteiger partial charge in [0.15, 0.2) is 0 Å². The molecule has 0 unspecified atom stereocenters. The average Bonchev–Trinajstić information content (AvgIpc) is 2.63. The minimum absolute atomic E-state index is 0.0631. The van der Waals surface area contributed by atoms with Crippen molar-refractivity contribution in [3.8, 4) is 5.75 Å². The van der Waals surface area contributed by atoms with Gasteiger partial charge in [-0.1, -0.05) is 42.6 Å². The molecule has 138 valence electrons. The second kappa shape index (κ2) is 10.6. The lowest BCUT2D eigenvalue weighted by molar-refractivity contribution is -0.119. The molecule has 1 aromatic heterocycles. The van der Waals surface area contributed by atoms with Gasteiger partial charge >= 0.3 is 0 Å². The first-order valence-electron chi connectivity index (χ1n) is 8.17. The van der Waals surface area contributed by atoms with Gasteiger partial charge in [-0.25, -0.2) is 5.43 Å². The SMILES string of the molecule is CCCCOc1cccc(NCC(=O)N/N=C/c2c(Cl)cncc2Cl)c1. The quantitative estimate of drug-likeness (QED) is 0.380. The number of anilines is 1. The summed E-state index contributed by atoms with van der Waals surface area (Å²) < 4.78 is 5.64. The van der Waals surface area contributed by atoms with E-state index in [1.54, 1.807) is 0 Å². The Labute approximate surface area is 162 Å². The number of halogens is 2. The van der Waals surface area contributed by atoms with Gasteiger partial charge in [0.25, 0.3) is 5.91 Å². The fraction of sp³-hybridized carbons (Fsp3) is 0.278. The largest absolute Gasteiger partial charge is 0.494 e. The molecule has 6 nitrogen and oxygen atoms in total.